The van der Waals surface area contributed by atoms with Crippen LogP contribution >= 0.6 is 15.9 Å². The van der Waals surface area contributed by atoms with Gasteiger partial charge < -0.3 is 5.11 Å². The number of nitrogens with one attached hydrogen (secondary N) is 1. The summed E-state index contributed by atoms with van der Waals surface area (Å²) in [5, 5.41) is 8.95. The molecular weight excluding hydrogens is 360 g/mol. The Kier molecular flexibility index (Phi) is 4.29. The van der Waals surface area contributed by atoms with Crippen LogP contribution in [0.5, 0.6) is 0 Å². The second-order valence-corrected chi connectivity index (χ2v) is 6.73. The summed E-state index contributed by atoms with van der Waals surface area (Å²) in [6.07, 6.45) is 0. The molecule has 0 atom stereocenters. The molecule has 0 unspecified atom stereocenters. The maximum Gasteiger partial charge on any atom is 0.335 e. The first-order chi connectivity index (χ1) is 9.79. The number of carboxylic acids is 1. The Morgan fingerprint density at radius 1 is 1.29 bits per heavy atom. The van der Waals surface area contributed by atoms with Crippen molar-refractivity contribution in [3.63, 3.8) is 0 Å². The lowest BCUT2D eigenvalue weighted by molar-refractivity contribution is 0.0696. The molecule has 1 aromatic heterocycles. The first-order valence-corrected chi connectivity index (χ1v) is 8.06. The molecule has 0 aliphatic rings. The summed E-state index contributed by atoms with van der Waals surface area (Å²) < 4.78 is 27.3. The minimum Gasteiger partial charge on any atom is -0.478 e. The molecule has 8 heteroatoms. The van der Waals surface area contributed by atoms with Crippen molar-refractivity contribution in [2.24, 2.45) is 0 Å². The average Bonchev–Trinajstić information content (AvgIpc) is 2.38. The van der Waals surface area contributed by atoms with Crippen LogP contribution in [-0.2, 0) is 10.0 Å². The first kappa shape index (κ1) is 15.5. The third-order valence-electron chi connectivity index (χ3n) is 2.59. The van der Waals surface area contributed by atoms with Crippen LogP contribution in [0.25, 0.3) is 0 Å². The molecule has 0 aliphatic carbocycles. The van der Waals surface area contributed by atoms with E-state index in [1.54, 1.807) is 19.1 Å². The van der Waals surface area contributed by atoms with Gasteiger partial charge in [-0.05, 0) is 53.2 Å². The normalized spacial score (nSPS) is 11.1. The number of carboxylic acid groups (broad SMARTS) is 1. The van der Waals surface area contributed by atoms with E-state index < -0.39 is 16.0 Å². The number of carbonyl (C=O) groups is 1. The third-order valence-corrected chi connectivity index (χ3v) is 4.94. The van der Waals surface area contributed by atoms with Crippen molar-refractivity contribution in [1.29, 1.82) is 0 Å². The largest absolute Gasteiger partial charge is 0.478 e. The molecule has 1 aromatic carbocycles. The van der Waals surface area contributed by atoms with Crippen molar-refractivity contribution in [2.45, 2.75) is 11.8 Å². The van der Waals surface area contributed by atoms with Crippen molar-refractivity contribution < 1.29 is 18.3 Å². The highest BCUT2D eigenvalue weighted by atomic mass is 79.9. The van der Waals surface area contributed by atoms with Gasteiger partial charge in [0.1, 0.15) is 10.7 Å². The highest BCUT2D eigenvalue weighted by Gasteiger charge is 2.20. The van der Waals surface area contributed by atoms with Crippen molar-refractivity contribution in [1.82, 2.24) is 4.98 Å². The van der Waals surface area contributed by atoms with E-state index in [4.69, 9.17) is 5.11 Å². The van der Waals surface area contributed by atoms with Crippen molar-refractivity contribution in [3.05, 3.63) is 52.1 Å². The van der Waals surface area contributed by atoms with Crippen LogP contribution in [0.15, 0.2) is 45.8 Å². The average molecular weight is 371 g/mol. The molecule has 0 aliphatic heterocycles. The summed E-state index contributed by atoms with van der Waals surface area (Å²) >= 11 is 3.11. The second-order valence-electron chi connectivity index (χ2n) is 4.22. The molecule has 2 aromatic rings. The quantitative estimate of drug-likeness (QED) is 0.862. The zero-order chi connectivity index (χ0) is 15.6. The minimum atomic E-state index is -3.94. The number of halogens is 1. The molecule has 110 valence electrons. The lowest BCUT2D eigenvalue weighted by Gasteiger charge is -2.10. The molecule has 0 amide bonds. The van der Waals surface area contributed by atoms with Gasteiger partial charge in [0, 0.05) is 10.2 Å². The molecule has 0 fully saturated rings. The van der Waals surface area contributed by atoms with Crippen LogP contribution in [-0.4, -0.2) is 24.5 Å². The lowest BCUT2D eigenvalue weighted by Crippen LogP contribution is -2.15. The number of anilines is 1. The van der Waals surface area contributed by atoms with Crippen molar-refractivity contribution in [2.75, 3.05) is 4.72 Å². The van der Waals surface area contributed by atoms with Crippen LogP contribution in [0, 0.1) is 6.92 Å². The van der Waals surface area contributed by atoms with Crippen LogP contribution in [0.1, 0.15) is 16.1 Å². The van der Waals surface area contributed by atoms with Gasteiger partial charge in [-0.25, -0.2) is 18.2 Å². The number of hydrogen-bond acceptors (Lipinski definition) is 4. The van der Waals surface area contributed by atoms with Gasteiger partial charge in [0.25, 0.3) is 10.0 Å². The number of pyridine rings is 1. The Balaban J connectivity index is 2.44. The Bertz CT molecular complexity index is 806. The van der Waals surface area contributed by atoms with E-state index in [2.05, 4.69) is 25.6 Å². The summed E-state index contributed by atoms with van der Waals surface area (Å²) in [4.78, 5) is 14.8. The Hall–Kier alpha value is -1.93. The molecule has 2 N–H and O–H groups in total. The van der Waals surface area contributed by atoms with Gasteiger partial charge in [0.15, 0.2) is 0 Å². The number of aromatic carboxylic acids is 1. The van der Waals surface area contributed by atoms with E-state index in [0.717, 1.165) is 6.07 Å². The van der Waals surface area contributed by atoms with Crippen molar-refractivity contribution in [3.8, 4) is 0 Å². The molecule has 2 rings (SSSR count). The third kappa shape index (κ3) is 3.59. The predicted octanol–water partition coefficient (Wildman–Crippen LogP) is 2.65. The van der Waals surface area contributed by atoms with E-state index >= 15 is 0 Å². The topological polar surface area (TPSA) is 96.4 Å². The number of hydrogen-bond donors (Lipinski definition) is 2. The van der Waals surface area contributed by atoms with E-state index in [-0.39, 0.29) is 20.7 Å². The lowest BCUT2D eigenvalue weighted by atomic mass is 10.2. The Morgan fingerprint density at radius 2 is 2.00 bits per heavy atom. The molecule has 0 spiro atoms. The molecule has 6 nitrogen and oxygen atoms in total. The Morgan fingerprint density at radius 3 is 2.62 bits per heavy atom. The van der Waals surface area contributed by atoms with Crippen LogP contribution in [0.2, 0.25) is 0 Å². The number of aryl methyl sites for hydroxylation is 1. The fraction of sp³-hybridized carbons (Fsp3) is 0.0769. The van der Waals surface area contributed by atoms with Crippen LogP contribution in [0.3, 0.4) is 0 Å². The van der Waals surface area contributed by atoms with Gasteiger partial charge in [0.05, 0.1) is 5.56 Å². The predicted molar refractivity (Wildman–Crippen MR) is 80.9 cm³/mol. The maximum atomic E-state index is 12.3. The fourth-order valence-corrected chi connectivity index (χ4v) is 3.63. The summed E-state index contributed by atoms with van der Waals surface area (Å²) in [6.45, 7) is 1.73. The van der Waals surface area contributed by atoms with Gasteiger partial charge in [-0.1, -0.05) is 6.07 Å². The number of nitrogens with zero attached hydrogens (tertiary/aromatic N) is 1. The molecule has 1 heterocycles. The highest BCUT2D eigenvalue weighted by molar-refractivity contribution is 9.10. The zero-order valence-corrected chi connectivity index (χ0v) is 13.3. The second kappa shape index (κ2) is 5.82. The smallest absolute Gasteiger partial charge is 0.335 e. The molecule has 0 saturated heterocycles. The molecule has 0 radical (unpaired) electrons. The van der Waals surface area contributed by atoms with E-state index in [0.29, 0.717) is 5.69 Å². The number of benzene rings is 1. The van der Waals surface area contributed by atoms with Gasteiger partial charge >= 0.3 is 5.97 Å². The van der Waals surface area contributed by atoms with E-state index in [9.17, 15) is 13.2 Å². The minimum absolute atomic E-state index is 0.115. The van der Waals surface area contributed by atoms with E-state index in [1.165, 1.54) is 18.2 Å². The van der Waals surface area contributed by atoms with E-state index in [1.807, 2.05) is 0 Å². The fourth-order valence-electron chi connectivity index (χ4n) is 1.63. The van der Waals surface area contributed by atoms with Crippen molar-refractivity contribution >= 4 is 37.7 Å². The summed E-state index contributed by atoms with van der Waals surface area (Å²) in [6, 6.07) is 8.70. The van der Waals surface area contributed by atoms with Gasteiger partial charge in [0.2, 0.25) is 0 Å². The van der Waals surface area contributed by atoms with Gasteiger partial charge in [-0.15, -0.1) is 0 Å². The molecule has 0 saturated carbocycles. The first-order valence-electron chi connectivity index (χ1n) is 5.79. The Labute approximate surface area is 130 Å². The standard InChI is InChI=1S/C13H11BrN2O4S/c1-8-3-2-4-12(15-8)16-21(19,20)11-7-9(13(17)18)5-6-10(11)14/h2-7H,1H3,(H,15,16)(H,17,18). The number of aromatic nitrogens is 1. The molecular formula is C13H11BrN2O4S. The summed E-state index contributed by atoms with van der Waals surface area (Å²) in [5.41, 5.74) is 0.546. The van der Waals surface area contributed by atoms with Gasteiger partial charge in [-0.3, -0.25) is 4.72 Å². The SMILES string of the molecule is Cc1cccc(NS(=O)(=O)c2cc(C(=O)O)ccc2Br)n1. The maximum absolute atomic E-state index is 12.3. The summed E-state index contributed by atoms with van der Waals surface area (Å²) in [7, 11) is -3.94. The molecule has 21 heavy (non-hydrogen) atoms. The highest BCUT2D eigenvalue weighted by Crippen LogP contribution is 2.25. The van der Waals surface area contributed by atoms with Crippen LogP contribution in [0.4, 0.5) is 5.82 Å². The number of rotatable bonds is 4. The number of sulfonamides is 1. The zero-order valence-electron chi connectivity index (χ0n) is 10.9. The van der Waals surface area contributed by atoms with Gasteiger partial charge in [-0.2, -0.15) is 0 Å². The summed E-state index contributed by atoms with van der Waals surface area (Å²) in [5.74, 6) is -1.03. The molecule has 0 bridgehead atoms. The monoisotopic (exact) mass is 370 g/mol. The van der Waals surface area contributed by atoms with Crippen LogP contribution < -0.4 is 4.72 Å².